The van der Waals surface area contributed by atoms with E-state index < -0.39 is 0 Å². The van der Waals surface area contributed by atoms with E-state index in [2.05, 4.69) is 32.2 Å². The molecular weight excluding hydrogens is 316 g/mol. The molecule has 2 aliphatic heterocycles. The van der Waals surface area contributed by atoms with E-state index in [0.717, 1.165) is 44.2 Å². The number of benzene rings is 1. The number of nitrogens with one attached hydrogen (secondary N) is 1. The summed E-state index contributed by atoms with van der Waals surface area (Å²) >= 11 is 0. The van der Waals surface area contributed by atoms with Crippen LogP contribution in [0.3, 0.4) is 0 Å². The Hall–Kier alpha value is -2.18. The first-order valence-electron chi connectivity index (χ1n) is 9.03. The van der Waals surface area contributed by atoms with Crippen LogP contribution in [0.2, 0.25) is 0 Å². The average Bonchev–Trinajstić information content (AvgIpc) is 3.32. The number of carbonyl (C=O) groups is 1. The molecule has 6 heteroatoms. The van der Waals surface area contributed by atoms with Crippen molar-refractivity contribution in [1.29, 1.82) is 0 Å². The summed E-state index contributed by atoms with van der Waals surface area (Å²) in [4.78, 5) is 21.2. The minimum atomic E-state index is -0.205. The molecule has 0 saturated carbocycles. The second kappa shape index (κ2) is 7.37. The predicted octanol–water partition coefficient (Wildman–Crippen LogP) is 2.02. The molecule has 0 aliphatic carbocycles. The van der Waals surface area contributed by atoms with Gasteiger partial charge in [-0.05, 0) is 31.5 Å². The highest BCUT2D eigenvalue weighted by Crippen LogP contribution is 2.24. The molecule has 0 unspecified atom stereocenters. The first-order valence-corrected chi connectivity index (χ1v) is 9.03. The van der Waals surface area contributed by atoms with E-state index in [9.17, 15) is 4.79 Å². The Morgan fingerprint density at radius 3 is 2.68 bits per heavy atom. The van der Waals surface area contributed by atoms with Gasteiger partial charge in [0.15, 0.2) is 0 Å². The van der Waals surface area contributed by atoms with Gasteiger partial charge in [-0.3, -0.25) is 9.69 Å². The van der Waals surface area contributed by atoms with E-state index in [1.807, 2.05) is 18.2 Å². The number of aromatic nitrogens is 1. The van der Waals surface area contributed by atoms with Crippen molar-refractivity contribution in [1.82, 2.24) is 20.1 Å². The summed E-state index contributed by atoms with van der Waals surface area (Å²) in [5.41, 5.74) is 2.16. The Bertz CT molecular complexity index is 699. The molecule has 0 atom stereocenters. The zero-order valence-corrected chi connectivity index (χ0v) is 14.4. The Morgan fingerprint density at radius 2 is 1.92 bits per heavy atom. The summed E-state index contributed by atoms with van der Waals surface area (Å²) in [6.07, 6.45) is 2.53. The Kier molecular flexibility index (Phi) is 4.81. The summed E-state index contributed by atoms with van der Waals surface area (Å²) in [5.74, 6) is 0.814. The molecule has 0 radical (unpaired) electrons. The summed E-state index contributed by atoms with van der Waals surface area (Å²) < 4.78 is 5.70. The molecular formula is C19H24N4O2. The maximum absolute atomic E-state index is 12.2. The fourth-order valence-corrected chi connectivity index (χ4v) is 3.56. The highest BCUT2D eigenvalue weighted by Gasteiger charge is 2.27. The first kappa shape index (κ1) is 16.3. The maximum atomic E-state index is 12.2. The van der Waals surface area contributed by atoms with Crippen molar-refractivity contribution in [3.63, 3.8) is 0 Å². The van der Waals surface area contributed by atoms with Gasteiger partial charge < -0.3 is 14.6 Å². The van der Waals surface area contributed by atoms with Crippen LogP contribution in [0, 0.1) is 0 Å². The molecule has 3 heterocycles. The van der Waals surface area contributed by atoms with Gasteiger partial charge in [0, 0.05) is 26.2 Å². The number of carbonyl (C=O) groups excluding carboxylic acids is 1. The molecule has 1 saturated heterocycles. The van der Waals surface area contributed by atoms with Crippen molar-refractivity contribution in [2.45, 2.75) is 32.5 Å². The highest BCUT2D eigenvalue weighted by molar-refractivity contribution is 5.89. The van der Waals surface area contributed by atoms with Gasteiger partial charge in [-0.25, -0.2) is 4.98 Å². The number of oxazole rings is 1. The summed E-state index contributed by atoms with van der Waals surface area (Å²) in [6.45, 7) is 6.13. The lowest BCUT2D eigenvalue weighted by Crippen LogP contribution is -2.33. The van der Waals surface area contributed by atoms with Crippen molar-refractivity contribution in [2.75, 3.05) is 26.2 Å². The molecule has 6 nitrogen and oxygen atoms in total. The van der Waals surface area contributed by atoms with E-state index in [1.165, 1.54) is 18.4 Å². The minimum Gasteiger partial charge on any atom is -0.436 e. The largest absolute Gasteiger partial charge is 0.436 e. The molecule has 2 aliphatic rings. The van der Waals surface area contributed by atoms with Crippen LogP contribution >= 0.6 is 0 Å². The molecule has 25 heavy (non-hydrogen) atoms. The zero-order chi connectivity index (χ0) is 17.1. The lowest BCUT2D eigenvalue weighted by molar-refractivity contribution is 0.0910. The van der Waals surface area contributed by atoms with Crippen molar-refractivity contribution < 1.29 is 9.21 Å². The van der Waals surface area contributed by atoms with Crippen molar-refractivity contribution >= 4 is 5.91 Å². The van der Waals surface area contributed by atoms with Crippen LogP contribution in [0.5, 0.6) is 0 Å². The van der Waals surface area contributed by atoms with Gasteiger partial charge in [-0.1, -0.05) is 30.3 Å². The van der Waals surface area contributed by atoms with E-state index in [0.29, 0.717) is 13.1 Å². The number of nitrogens with zero attached hydrogens (tertiary/aromatic N) is 3. The summed E-state index contributed by atoms with van der Waals surface area (Å²) in [5, 5.41) is 2.92. The smallest absolute Gasteiger partial charge is 0.307 e. The number of hydrogen-bond donors (Lipinski definition) is 1. The minimum absolute atomic E-state index is 0.200. The monoisotopic (exact) mass is 340 g/mol. The maximum Gasteiger partial charge on any atom is 0.307 e. The molecule has 0 bridgehead atoms. The van der Waals surface area contributed by atoms with Crippen LogP contribution in [-0.2, 0) is 19.6 Å². The van der Waals surface area contributed by atoms with Crippen LogP contribution in [0.15, 0.2) is 34.7 Å². The molecule has 1 N–H and O–H groups in total. The first-order chi connectivity index (χ1) is 12.3. The van der Waals surface area contributed by atoms with Crippen LogP contribution in [-0.4, -0.2) is 46.9 Å². The normalized spacial score (nSPS) is 17.8. The fraction of sp³-hybridized carbons (Fsp3) is 0.474. The number of amides is 1. The molecule has 0 spiro atoms. The Morgan fingerprint density at radius 1 is 1.12 bits per heavy atom. The van der Waals surface area contributed by atoms with E-state index >= 15 is 0 Å². The van der Waals surface area contributed by atoms with E-state index in [1.54, 1.807) is 0 Å². The van der Waals surface area contributed by atoms with Gasteiger partial charge in [0.05, 0.1) is 12.2 Å². The van der Waals surface area contributed by atoms with Crippen LogP contribution in [0.25, 0.3) is 0 Å². The van der Waals surface area contributed by atoms with Crippen molar-refractivity contribution in [2.24, 2.45) is 0 Å². The van der Waals surface area contributed by atoms with Gasteiger partial charge in [0.2, 0.25) is 0 Å². The van der Waals surface area contributed by atoms with Gasteiger partial charge >= 0.3 is 5.91 Å². The van der Waals surface area contributed by atoms with Crippen molar-refractivity contribution in [3.05, 3.63) is 53.2 Å². The van der Waals surface area contributed by atoms with Gasteiger partial charge in [-0.15, -0.1) is 0 Å². The average molecular weight is 340 g/mol. The third-order valence-corrected chi connectivity index (χ3v) is 4.87. The number of fused-ring (bicyclic) bond motifs is 1. The fourth-order valence-electron chi connectivity index (χ4n) is 3.56. The molecule has 1 aromatic heterocycles. The third-order valence-electron chi connectivity index (χ3n) is 4.87. The predicted molar refractivity (Wildman–Crippen MR) is 93.9 cm³/mol. The molecule has 1 aromatic carbocycles. The number of hydrogen-bond acceptors (Lipinski definition) is 5. The van der Waals surface area contributed by atoms with Crippen LogP contribution in [0.1, 0.15) is 40.5 Å². The Balaban J connectivity index is 1.27. The summed E-state index contributed by atoms with van der Waals surface area (Å²) in [7, 11) is 0. The lowest BCUT2D eigenvalue weighted by atomic mass is 10.2. The zero-order valence-electron chi connectivity index (χ0n) is 14.4. The molecule has 2 aromatic rings. The van der Waals surface area contributed by atoms with E-state index in [4.69, 9.17) is 4.42 Å². The van der Waals surface area contributed by atoms with Gasteiger partial charge in [-0.2, -0.15) is 0 Å². The summed E-state index contributed by atoms with van der Waals surface area (Å²) in [6, 6.07) is 10.4. The molecule has 1 fully saturated rings. The van der Waals surface area contributed by atoms with Crippen molar-refractivity contribution in [3.8, 4) is 0 Å². The molecule has 1 amide bonds. The Labute approximate surface area is 147 Å². The second-order valence-electron chi connectivity index (χ2n) is 6.82. The second-order valence-corrected chi connectivity index (χ2v) is 6.82. The van der Waals surface area contributed by atoms with Crippen LogP contribution in [0.4, 0.5) is 0 Å². The molecule has 4 rings (SSSR count). The highest BCUT2D eigenvalue weighted by atomic mass is 16.4. The van der Waals surface area contributed by atoms with E-state index in [-0.39, 0.29) is 11.8 Å². The number of likely N-dealkylation sites (tertiary alicyclic amines) is 1. The SMILES string of the molecule is O=C(NCCN1CCCC1)c1nc2c(o1)CN(Cc1ccccc1)C2. The topological polar surface area (TPSA) is 61.6 Å². The third kappa shape index (κ3) is 3.91. The standard InChI is InChI=1S/C19H24N4O2/c24-18(20-8-11-22-9-4-5-10-22)19-21-16-13-23(14-17(16)25-19)12-15-6-2-1-3-7-15/h1-3,6-7H,4-5,8-14H2,(H,20,24). The van der Waals surface area contributed by atoms with Crippen LogP contribution < -0.4 is 5.32 Å². The molecule has 132 valence electrons. The van der Waals surface area contributed by atoms with Gasteiger partial charge in [0.25, 0.3) is 5.89 Å². The lowest BCUT2D eigenvalue weighted by Gasteiger charge is -2.14. The quantitative estimate of drug-likeness (QED) is 0.872. The van der Waals surface area contributed by atoms with Gasteiger partial charge in [0.1, 0.15) is 5.76 Å². The number of rotatable bonds is 6.